The number of halogens is 1. The van der Waals surface area contributed by atoms with Crippen LogP contribution in [0.4, 0.5) is 11.4 Å². The molecular formula is C19H22ClN3O2S. The van der Waals surface area contributed by atoms with E-state index in [2.05, 4.69) is 39.8 Å². The van der Waals surface area contributed by atoms with Crippen molar-refractivity contribution in [2.24, 2.45) is 0 Å². The normalized spacial score (nSPS) is 14.0. The van der Waals surface area contributed by atoms with Crippen molar-refractivity contribution >= 4 is 40.3 Å². The molecule has 1 heterocycles. The van der Waals surface area contributed by atoms with Gasteiger partial charge in [-0.15, -0.1) is 0 Å². The van der Waals surface area contributed by atoms with E-state index in [-0.39, 0.29) is 0 Å². The van der Waals surface area contributed by atoms with Gasteiger partial charge in [-0.2, -0.15) is 0 Å². The van der Waals surface area contributed by atoms with Crippen LogP contribution in [0.25, 0.3) is 0 Å². The second kappa shape index (κ2) is 9.07. The van der Waals surface area contributed by atoms with E-state index in [1.54, 1.807) is 19.2 Å². The summed E-state index contributed by atoms with van der Waals surface area (Å²) < 4.78 is 10.5. The second-order valence-electron chi connectivity index (χ2n) is 5.92. The summed E-state index contributed by atoms with van der Waals surface area (Å²) in [6.45, 7) is 4.11. The summed E-state index contributed by atoms with van der Waals surface area (Å²) >= 11 is 11.5. The summed E-state index contributed by atoms with van der Waals surface area (Å²) in [5.41, 5.74) is 3.21. The van der Waals surface area contributed by atoms with Gasteiger partial charge in [0.2, 0.25) is 0 Å². The Hall–Kier alpha value is -2.02. The van der Waals surface area contributed by atoms with Gasteiger partial charge in [0, 0.05) is 31.0 Å². The van der Waals surface area contributed by atoms with Gasteiger partial charge in [-0.05, 0) is 48.1 Å². The van der Waals surface area contributed by atoms with Gasteiger partial charge < -0.3 is 25.0 Å². The van der Waals surface area contributed by atoms with E-state index >= 15 is 0 Å². The van der Waals surface area contributed by atoms with Gasteiger partial charge in [0.05, 0.1) is 25.3 Å². The van der Waals surface area contributed by atoms with Crippen molar-refractivity contribution in [3.8, 4) is 5.75 Å². The maximum atomic E-state index is 6.12. The molecule has 0 bridgehead atoms. The highest BCUT2D eigenvalue weighted by Gasteiger charge is 2.10. The fraction of sp³-hybridized carbons (Fsp3) is 0.316. The van der Waals surface area contributed by atoms with Crippen molar-refractivity contribution in [1.82, 2.24) is 5.32 Å². The maximum absolute atomic E-state index is 6.12. The molecule has 2 aromatic rings. The standard InChI is InChI=1S/C19H22ClN3O2S/c1-24-18-7-4-15(12-17(18)20)22-19(26)21-13-14-2-5-16(6-3-14)23-8-10-25-11-9-23/h2-7,12H,8-11,13H2,1H3,(H2,21,22,26). The molecule has 1 saturated heterocycles. The minimum atomic E-state index is 0.541. The first kappa shape index (κ1) is 18.8. The molecule has 0 unspecified atom stereocenters. The van der Waals surface area contributed by atoms with Crippen molar-refractivity contribution in [1.29, 1.82) is 0 Å². The van der Waals surface area contributed by atoms with Gasteiger partial charge in [0.1, 0.15) is 5.75 Å². The average Bonchev–Trinajstić information content (AvgIpc) is 2.68. The summed E-state index contributed by atoms with van der Waals surface area (Å²) in [6.07, 6.45) is 0. The van der Waals surface area contributed by atoms with Crippen molar-refractivity contribution < 1.29 is 9.47 Å². The summed E-state index contributed by atoms with van der Waals surface area (Å²) in [5.74, 6) is 0.636. The summed E-state index contributed by atoms with van der Waals surface area (Å²) in [5, 5.41) is 7.42. The molecule has 1 aliphatic heterocycles. The predicted molar refractivity (Wildman–Crippen MR) is 111 cm³/mol. The molecule has 0 atom stereocenters. The summed E-state index contributed by atoms with van der Waals surface area (Å²) in [7, 11) is 1.59. The number of anilines is 2. The molecule has 5 nitrogen and oxygen atoms in total. The van der Waals surface area contributed by atoms with E-state index in [0.29, 0.717) is 22.4 Å². The summed E-state index contributed by atoms with van der Waals surface area (Å²) in [4.78, 5) is 2.33. The van der Waals surface area contributed by atoms with Crippen molar-refractivity contribution in [3.05, 3.63) is 53.1 Å². The number of hydrogen-bond acceptors (Lipinski definition) is 4. The second-order valence-corrected chi connectivity index (χ2v) is 6.74. The minimum absolute atomic E-state index is 0.541. The van der Waals surface area contributed by atoms with Gasteiger partial charge in [0.15, 0.2) is 5.11 Å². The molecule has 26 heavy (non-hydrogen) atoms. The Morgan fingerprint density at radius 3 is 2.58 bits per heavy atom. The molecule has 0 radical (unpaired) electrons. The third-order valence-electron chi connectivity index (χ3n) is 4.18. The van der Waals surface area contributed by atoms with Crippen molar-refractivity contribution in [3.63, 3.8) is 0 Å². The van der Waals surface area contributed by atoms with E-state index in [1.165, 1.54) is 11.3 Å². The minimum Gasteiger partial charge on any atom is -0.495 e. The van der Waals surface area contributed by atoms with E-state index in [1.807, 2.05) is 6.07 Å². The maximum Gasteiger partial charge on any atom is 0.171 e. The zero-order chi connectivity index (χ0) is 18.4. The number of ether oxygens (including phenoxy) is 2. The van der Waals surface area contributed by atoms with Crippen LogP contribution in [0.1, 0.15) is 5.56 Å². The van der Waals surface area contributed by atoms with Crippen LogP contribution < -0.4 is 20.3 Å². The number of nitrogens with zero attached hydrogens (tertiary/aromatic N) is 1. The van der Waals surface area contributed by atoms with Crippen LogP contribution in [0.15, 0.2) is 42.5 Å². The van der Waals surface area contributed by atoms with Gasteiger partial charge in [-0.3, -0.25) is 0 Å². The Kier molecular flexibility index (Phi) is 6.55. The van der Waals surface area contributed by atoms with Crippen molar-refractivity contribution in [2.45, 2.75) is 6.54 Å². The largest absolute Gasteiger partial charge is 0.495 e. The lowest BCUT2D eigenvalue weighted by molar-refractivity contribution is 0.122. The fourth-order valence-electron chi connectivity index (χ4n) is 2.75. The number of morpholine rings is 1. The number of nitrogens with one attached hydrogen (secondary N) is 2. The Labute approximate surface area is 164 Å². The molecule has 2 aromatic carbocycles. The Morgan fingerprint density at radius 1 is 1.19 bits per heavy atom. The first-order chi connectivity index (χ1) is 12.7. The molecule has 138 valence electrons. The molecule has 1 aliphatic rings. The topological polar surface area (TPSA) is 45.8 Å². The van der Waals surface area contributed by atoms with Crippen LogP contribution >= 0.6 is 23.8 Å². The zero-order valence-electron chi connectivity index (χ0n) is 14.6. The van der Waals surface area contributed by atoms with E-state index in [4.69, 9.17) is 33.3 Å². The SMILES string of the molecule is COc1ccc(NC(=S)NCc2ccc(N3CCOCC3)cc2)cc1Cl. The van der Waals surface area contributed by atoms with Crippen LogP contribution in [-0.4, -0.2) is 38.5 Å². The first-order valence-electron chi connectivity index (χ1n) is 8.46. The monoisotopic (exact) mass is 391 g/mol. The highest BCUT2D eigenvalue weighted by molar-refractivity contribution is 7.80. The Balaban J connectivity index is 1.50. The highest BCUT2D eigenvalue weighted by atomic mass is 35.5. The van der Waals surface area contributed by atoms with Crippen molar-refractivity contribution in [2.75, 3.05) is 43.6 Å². The van der Waals surface area contributed by atoms with E-state index in [9.17, 15) is 0 Å². The molecule has 0 aliphatic carbocycles. The number of thiocarbonyl (C=S) groups is 1. The molecule has 0 aromatic heterocycles. The van der Waals surface area contributed by atoms with Gasteiger partial charge in [0.25, 0.3) is 0 Å². The molecule has 2 N–H and O–H groups in total. The van der Waals surface area contributed by atoms with Crippen LogP contribution in [0.5, 0.6) is 5.75 Å². The first-order valence-corrected chi connectivity index (χ1v) is 9.24. The molecule has 0 amide bonds. The third kappa shape index (κ3) is 5.00. The van der Waals surface area contributed by atoms with Crippen LogP contribution in [0.2, 0.25) is 5.02 Å². The number of hydrogen-bond donors (Lipinski definition) is 2. The predicted octanol–water partition coefficient (Wildman–Crippen LogP) is 3.67. The zero-order valence-corrected chi connectivity index (χ0v) is 16.2. The van der Waals surface area contributed by atoms with Crippen LogP contribution in [-0.2, 0) is 11.3 Å². The van der Waals surface area contributed by atoms with Gasteiger partial charge in [-0.25, -0.2) is 0 Å². The highest BCUT2D eigenvalue weighted by Crippen LogP contribution is 2.27. The molecule has 0 saturated carbocycles. The fourth-order valence-corrected chi connectivity index (χ4v) is 3.20. The lowest BCUT2D eigenvalue weighted by Gasteiger charge is -2.28. The van der Waals surface area contributed by atoms with Gasteiger partial charge in [-0.1, -0.05) is 23.7 Å². The number of rotatable bonds is 5. The van der Waals surface area contributed by atoms with Gasteiger partial charge >= 0.3 is 0 Å². The smallest absolute Gasteiger partial charge is 0.171 e. The molecule has 0 spiro atoms. The molecule has 3 rings (SSSR count). The molecular weight excluding hydrogens is 370 g/mol. The van der Waals surface area contributed by atoms with E-state index < -0.39 is 0 Å². The Morgan fingerprint density at radius 2 is 1.92 bits per heavy atom. The third-order valence-corrected chi connectivity index (χ3v) is 4.72. The lowest BCUT2D eigenvalue weighted by atomic mass is 10.2. The number of benzene rings is 2. The lowest BCUT2D eigenvalue weighted by Crippen LogP contribution is -2.36. The average molecular weight is 392 g/mol. The van der Waals surface area contributed by atoms with E-state index in [0.717, 1.165) is 32.0 Å². The number of methoxy groups -OCH3 is 1. The van der Waals surface area contributed by atoms with Crippen LogP contribution in [0.3, 0.4) is 0 Å². The quantitative estimate of drug-likeness (QED) is 0.758. The molecule has 7 heteroatoms. The molecule has 1 fully saturated rings. The van der Waals surface area contributed by atoms with Crippen LogP contribution in [0, 0.1) is 0 Å². The summed E-state index contributed by atoms with van der Waals surface area (Å²) in [6, 6.07) is 14.0. The Bertz CT molecular complexity index is 749.